The summed E-state index contributed by atoms with van der Waals surface area (Å²) in [6.07, 6.45) is 12.4. The maximum absolute atomic E-state index is 14.7. The van der Waals surface area contributed by atoms with E-state index in [1.165, 1.54) is 44.9 Å². The molecule has 0 bridgehead atoms. The third-order valence-electron chi connectivity index (χ3n) is 6.42. The van der Waals surface area contributed by atoms with Crippen molar-refractivity contribution < 1.29 is 8.78 Å². The summed E-state index contributed by atoms with van der Waals surface area (Å²) in [6.45, 7) is 4.32. The van der Waals surface area contributed by atoms with Crippen LogP contribution >= 0.6 is 0 Å². The van der Waals surface area contributed by atoms with Crippen LogP contribution in [0.15, 0.2) is 24.3 Å². The van der Waals surface area contributed by atoms with Gasteiger partial charge in [0.1, 0.15) is 0 Å². The van der Waals surface area contributed by atoms with Crippen LogP contribution in [0, 0.1) is 23.5 Å². The second-order valence-corrected chi connectivity index (χ2v) is 8.63. The molecule has 1 fully saturated rings. The largest absolute Gasteiger partial charge is 0.203 e. The van der Waals surface area contributed by atoms with Crippen LogP contribution < -0.4 is 0 Å². The minimum atomic E-state index is -0.802. The number of rotatable bonds is 9. The third kappa shape index (κ3) is 5.83. The van der Waals surface area contributed by atoms with E-state index in [9.17, 15) is 8.78 Å². The van der Waals surface area contributed by atoms with Gasteiger partial charge in [0.25, 0.3) is 0 Å². The Kier molecular flexibility index (Phi) is 8.14. The lowest BCUT2D eigenvalue weighted by Gasteiger charge is -2.28. The molecule has 1 aliphatic carbocycles. The zero-order valence-electron chi connectivity index (χ0n) is 17.9. The van der Waals surface area contributed by atoms with Gasteiger partial charge in [0.05, 0.1) is 11.4 Å². The maximum Gasteiger partial charge on any atom is 0.168 e. The normalized spacial score (nSPS) is 19.4. The maximum atomic E-state index is 14.7. The van der Waals surface area contributed by atoms with Gasteiger partial charge < -0.3 is 0 Å². The molecule has 0 aliphatic heterocycles. The van der Waals surface area contributed by atoms with Crippen molar-refractivity contribution in [3.63, 3.8) is 0 Å². The predicted octanol–water partition coefficient (Wildman–Crippen LogP) is 7.30. The van der Waals surface area contributed by atoms with Gasteiger partial charge in [0, 0.05) is 5.56 Å². The van der Waals surface area contributed by atoms with Crippen LogP contribution in [0.5, 0.6) is 0 Å². The van der Waals surface area contributed by atoms with Crippen molar-refractivity contribution in [3.8, 4) is 11.3 Å². The first kappa shape index (κ1) is 21.9. The lowest BCUT2D eigenvalue weighted by atomic mass is 9.78. The van der Waals surface area contributed by atoms with E-state index in [1.807, 2.05) is 6.07 Å². The number of aromatic nitrogens is 2. The first-order valence-corrected chi connectivity index (χ1v) is 11.4. The lowest BCUT2D eigenvalue weighted by molar-refractivity contribution is 0.249. The second kappa shape index (κ2) is 10.8. The molecule has 1 heterocycles. The van der Waals surface area contributed by atoms with Crippen LogP contribution in [0.4, 0.5) is 8.78 Å². The fourth-order valence-corrected chi connectivity index (χ4v) is 4.53. The Labute approximate surface area is 174 Å². The molecular formula is C25H34F2N2. The zero-order chi connectivity index (χ0) is 20.6. The van der Waals surface area contributed by atoms with Crippen molar-refractivity contribution in [2.24, 2.45) is 11.8 Å². The highest BCUT2D eigenvalue weighted by Gasteiger charge is 2.22. The molecule has 2 aromatic rings. The first-order chi connectivity index (χ1) is 14.1. The van der Waals surface area contributed by atoms with Crippen molar-refractivity contribution in [3.05, 3.63) is 47.2 Å². The van der Waals surface area contributed by atoms with Gasteiger partial charge in [0.2, 0.25) is 0 Å². The highest BCUT2D eigenvalue weighted by molar-refractivity contribution is 5.60. The smallest absolute Gasteiger partial charge is 0.168 e. The standard InChI is InChI=1S/C25H34F2N2/c1-3-5-7-18-8-10-19(11-9-18)12-13-20-14-16-22(25(27)24(20)26)23-17-15-21(6-4-2)28-29-23/h14-19H,3-13H2,1-2H3/t18-,19-. The molecule has 158 valence electrons. The van der Waals surface area contributed by atoms with Gasteiger partial charge in [-0.05, 0) is 54.9 Å². The van der Waals surface area contributed by atoms with Crippen LogP contribution in [0.25, 0.3) is 11.3 Å². The van der Waals surface area contributed by atoms with E-state index >= 15 is 0 Å². The Balaban J connectivity index is 1.58. The summed E-state index contributed by atoms with van der Waals surface area (Å²) in [5.41, 5.74) is 1.93. The molecule has 0 amide bonds. The SMILES string of the molecule is CCCC[C@H]1CC[C@H](CCc2ccc(-c3ccc(CCC)nn3)c(F)c2F)CC1. The van der Waals surface area contributed by atoms with Crippen molar-refractivity contribution in [1.82, 2.24) is 10.2 Å². The van der Waals surface area contributed by atoms with Gasteiger partial charge in [-0.1, -0.05) is 71.3 Å². The molecule has 29 heavy (non-hydrogen) atoms. The molecule has 1 saturated carbocycles. The highest BCUT2D eigenvalue weighted by Crippen LogP contribution is 2.34. The summed E-state index contributed by atoms with van der Waals surface area (Å²) in [7, 11) is 0. The molecule has 0 atom stereocenters. The van der Waals surface area contributed by atoms with Gasteiger partial charge >= 0.3 is 0 Å². The summed E-state index contributed by atoms with van der Waals surface area (Å²) in [6, 6.07) is 6.95. The number of benzene rings is 1. The average molecular weight is 401 g/mol. The molecule has 1 aromatic heterocycles. The minimum Gasteiger partial charge on any atom is -0.203 e. The zero-order valence-corrected chi connectivity index (χ0v) is 17.9. The summed E-state index contributed by atoms with van der Waals surface area (Å²) < 4.78 is 29.4. The number of hydrogen-bond acceptors (Lipinski definition) is 2. The number of unbranched alkanes of at least 4 members (excludes halogenated alkanes) is 1. The molecule has 0 unspecified atom stereocenters. The van der Waals surface area contributed by atoms with Crippen LogP contribution in [-0.4, -0.2) is 10.2 Å². The molecule has 3 rings (SSSR count). The van der Waals surface area contributed by atoms with E-state index in [1.54, 1.807) is 18.2 Å². The Morgan fingerprint density at radius 2 is 1.52 bits per heavy atom. The van der Waals surface area contributed by atoms with Crippen LogP contribution in [0.2, 0.25) is 0 Å². The van der Waals surface area contributed by atoms with Crippen molar-refractivity contribution >= 4 is 0 Å². The molecule has 0 spiro atoms. The van der Waals surface area contributed by atoms with Crippen molar-refractivity contribution in [2.75, 3.05) is 0 Å². The van der Waals surface area contributed by atoms with Gasteiger partial charge in [-0.25, -0.2) is 8.78 Å². The van der Waals surface area contributed by atoms with Gasteiger partial charge in [0.15, 0.2) is 11.6 Å². The summed E-state index contributed by atoms with van der Waals surface area (Å²) >= 11 is 0. The number of nitrogens with zero attached hydrogens (tertiary/aromatic N) is 2. The van der Waals surface area contributed by atoms with Gasteiger partial charge in [-0.2, -0.15) is 10.2 Å². The van der Waals surface area contributed by atoms with Crippen molar-refractivity contribution in [2.45, 2.75) is 84.5 Å². The molecule has 4 heteroatoms. The molecule has 2 nitrogen and oxygen atoms in total. The average Bonchev–Trinajstić information content (AvgIpc) is 2.75. The Hall–Kier alpha value is -1.84. The summed E-state index contributed by atoms with van der Waals surface area (Å²) in [5.74, 6) is -0.00152. The van der Waals surface area contributed by atoms with Crippen LogP contribution in [-0.2, 0) is 12.8 Å². The van der Waals surface area contributed by atoms with Crippen LogP contribution in [0.1, 0.15) is 82.9 Å². The molecule has 1 aromatic carbocycles. The quantitative estimate of drug-likeness (QED) is 0.441. The van der Waals surface area contributed by atoms with E-state index in [2.05, 4.69) is 24.0 Å². The van der Waals surface area contributed by atoms with E-state index in [4.69, 9.17) is 0 Å². The fraction of sp³-hybridized carbons (Fsp3) is 0.600. The molecule has 0 N–H and O–H groups in total. The molecular weight excluding hydrogens is 366 g/mol. The van der Waals surface area contributed by atoms with Crippen LogP contribution in [0.3, 0.4) is 0 Å². The number of hydrogen-bond donors (Lipinski definition) is 0. The van der Waals surface area contributed by atoms with Crippen molar-refractivity contribution in [1.29, 1.82) is 0 Å². The third-order valence-corrected chi connectivity index (χ3v) is 6.42. The lowest BCUT2D eigenvalue weighted by Crippen LogP contribution is -2.15. The number of halogens is 2. The molecule has 1 aliphatic rings. The molecule has 0 radical (unpaired) electrons. The minimum absolute atomic E-state index is 0.193. The number of aryl methyl sites for hydroxylation is 2. The Morgan fingerprint density at radius 1 is 0.793 bits per heavy atom. The van der Waals surface area contributed by atoms with Gasteiger partial charge in [-0.3, -0.25) is 0 Å². The second-order valence-electron chi connectivity index (χ2n) is 8.63. The highest BCUT2D eigenvalue weighted by atomic mass is 19.2. The predicted molar refractivity (Wildman–Crippen MR) is 115 cm³/mol. The monoisotopic (exact) mass is 400 g/mol. The Morgan fingerprint density at radius 3 is 2.14 bits per heavy atom. The molecule has 0 saturated heterocycles. The van der Waals surface area contributed by atoms with Gasteiger partial charge in [-0.15, -0.1) is 0 Å². The van der Waals surface area contributed by atoms with E-state index in [-0.39, 0.29) is 5.56 Å². The fourth-order valence-electron chi connectivity index (χ4n) is 4.53. The van der Waals surface area contributed by atoms with E-state index < -0.39 is 11.6 Å². The first-order valence-electron chi connectivity index (χ1n) is 11.4. The van der Waals surface area contributed by atoms with E-state index in [0.29, 0.717) is 23.6 Å². The summed E-state index contributed by atoms with van der Waals surface area (Å²) in [5, 5.41) is 8.21. The van der Waals surface area contributed by atoms with E-state index in [0.717, 1.165) is 30.9 Å². The summed E-state index contributed by atoms with van der Waals surface area (Å²) in [4.78, 5) is 0. The Bertz CT molecular complexity index is 765. The topological polar surface area (TPSA) is 25.8 Å².